The van der Waals surface area contributed by atoms with Crippen molar-refractivity contribution in [1.29, 1.82) is 0 Å². The summed E-state index contributed by atoms with van der Waals surface area (Å²) in [6.45, 7) is 4.95. The first-order valence-corrected chi connectivity index (χ1v) is 40.6. The third-order valence-corrected chi connectivity index (χ3v) is 19.2. The van der Waals surface area contributed by atoms with E-state index in [4.69, 9.17) is 4.74 Å². The van der Waals surface area contributed by atoms with Gasteiger partial charge in [0.15, 0.2) is 0 Å². The molecule has 88 heavy (non-hydrogen) atoms. The number of esters is 1. The second-order valence-electron chi connectivity index (χ2n) is 28.1. The molecule has 2 unspecified atom stereocenters. The van der Waals surface area contributed by atoms with Crippen molar-refractivity contribution in [3.8, 4) is 0 Å². The molecule has 6 heteroatoms. The van der Waals surface area contributed by atoms with Crippen LogP contribution in [0.1, 0.15) is 463 Å². The van der Waals surface area contributed by atoms with E-state index in [-0.39, 0.29) is 18.5 Å². The zero-order valence-corrected chi connectivity index (χ0v) is 60.0. The van der Waals surface area contributed by atoms with E-state index < -0.39 is 12.1 Å². The van der Waals surface area contributed by atoms with Gasteiger partial charge in [0.05, 0.1) is 25.4 Å². The quantitative estimate of drug-likeness (QED) is 0.0320. The van der Waals surface area contributed by atoms with Crippen molar-refractivity contribution in [3.63, 3.8) is 0 Å². The van der Waals surface area contributed by atoms with Crippen molar-refractivity contribution < 1.29 is 24.5 Å². The predicted molar refractivity (Wildman–Crippen MR) is 389 cm³/mol. The van der Waals surface area contributed by atoms with Gasteiger partial charge in [0.2, 0.25) is 5.91 Å². The fourth-order valence-corrected chi connectivity index (χ4v) is 13.0. The highest BCUT2D eigenvalue weighted by atomic mass is 16.5. The number of allylic oxidation sites excluding steroid dienone is 3. The molecule has 0 aromatic heterocycles. The Bertz CT molecular complexity index is 1380. The summed E-state index contributed by atoms with van der Waals surface area (Å²) in [7, 11) is 0. The summed E-state index contributed by atoms with van der Waals surface area (Å²) in [5, 5.41) is 23.2. The average molecular weight is 1240 g/mol. The molecular weight excluding hydrogens is 1080 g/mol. The molecule has 0 aliphatic heterocycles. The molecule has 0 heterocycles. The van der Waals surface area contributed by atoms with Crippen LogP contribution >= 0.6 is 0 Å². The van der Waals surface area contributed by atoms with Gasteiger partial charge < -0.3 is 20.3 Å². The lowest BCUT2D eigenvalue weighted by atomic mass is 10.0. The molecule has 522 valence electrons. The van der Waals surface area contributed by atoms with Crippen molar-refractivity contribution in [1.82, 2.24) is 5.32 Å². The standard InChI is InChI=1S/C82H159NO5/c1-3-5-7-9-11-13-15-17-19-46-50-54-58-62-66-70-74-80(85)79(78-84)83-81(86)75-71-67-63-59-55-51-47-44-42-40-38-36-34-32-30-28-26-24-22-21-23-25-27-29-31-33-35-37-39-41-43-45-49-53-57-61-65-69-73-77-88-82(87)76-72-68-64-60-56-52-48-20-18-16-14-12-10-8-6-4-2/h20,48,70,74,79-80,84-85H,3-19,21-47,49-69,71-73,75-78H2,1-2H3,(H,83,86)/b48-20-,74-70+. The van der Waals surface area contributed by atoms with Gasteiger partial charge in [0.1, 0.15) is 0 Å². The molecule has 0 aliphatic carbocycles. The van der Waals surface area contributed by atoms with Crippen molar-refractivity contribution in [2.75, 3.05) is 13.2 Å². The topological polar surface area (TPSA) is 95.9 Å². The van der Waals surface area contributed by atoms with Crippen molar-refractivity contribution in [2.45, 2.75) is 475 Å². The summed E-state index contributed by atoms with van der Waals surface area (Å²) in [5.74, 6) is -0.0409. The van der Waals surface area contributed by atoms with Crippen LogP contribution < -0.4 is 5.32 Å². The van der Waals surface area contributed by atoms with E-state index in [0.717, 1.165) is 44.9 Å². The van der Waals surface area contributed by atoms with Crippen LogP contribution in [0.25, 0.3) is 0 Å². The maximum atomic E-state index is 12.5. The molecule has 0 rings (SSSR count). The van der Waals surface area contributed by atoms with E-state index in [1.807, 2.05) is 6.08 Å². The third-order valence-electron chi connectivity index (χ3n) is 19.2. The van der Waals surface area contributed by atoms with Crippen LogP contribution in [0.4, 0.5) is 0 Å². The van der Waals surface area contributed by atoms with Gasteiger partial charge in [0, 0.05) is 12.8 Å². The predicted octanol–water partition coefficient (Wildman–Crippen LogP) is 26.8. The zero-order valence-electron chi connectivity index (χ0n) is 60.0. The van der Waals surface area contributed by atoms with Gasteiger partial charge in [-0.3, -0.25) is 9.59 Å². The van der Waals surface area contributed by atoms with Crippen LogP contribution in [0.2, 0.25) is 0 Å². The van der Waals surface area contributed by atoms with E-state index in [2.05, 4.69) is 31.3 Å². The maximum Gasteiger partial charge on any atom is 0.305 e. The highest BCUT2D eigenvalue weighted by molar-refractivity contribution is 5.76. The summed E-state index contributed by atoms with van der Waals surface area (Å²) in [5.41, 5.74) is 0. The number of aliphatic hydroxyl groups excluding tert-OH is 2. The lowest BCUT2D eigenvalue weighted by molar-refractivity contribution is -0.143. The van der Waals surface area contributed by atoms with E-state index in [1.165, 1.54) is 392 Å². The Morgan fingerprint density at radius 1 is 0.307 bits per heavy atom. The largest absolute Gasteiger partial charge is 0.466 e. The fourth-order valence-electron chi connectivity index (χ4n) is 13.0. The normalized spacial score (nSPS) is 12.5. The Hall–Kier alpha value is -1.66. The van der Waals surface area contributed by atoms with Crippen molar-refractivity contribution >= 4 is 11.9 Å². The Kier molecular flexibility index (Phi) is 76.3. The monoisotopic (exact) mass is 1240 g/mol. The van der Waals surface area contributed by atoms with Crippen LogP contribution in [0, 0.1) is 0 Å². The van der Waals surface area contributed by atoms with E-state index in [1.54, 1.807) is 6.08 Å². The number of carbonyl (C=O) groups is 2. The number of amides is 1. The number of ether oxygens (including phenoxy) is 1. The summed E-state index contributed by atoms with van der Waals surface area (Å²) in [6.07, 6.45) is 100. The Morgan fingerprint density at radius 2 is 0.534 bits per heavy atom. The van der Waals surface area contributed by atoms with Crippen molar-refractivity contribution in [2.24, 2.45) is 0 Å². The van der Waals surface area contributed by atoms with Gasteiger partial charge in [-0.15, -0.1) is 0 Å². The Balaban J connectivity index is 3.30. The van der Waals surface area contributed by atoms with Crippen LogP contribution in [0.15, 0.2) is 24.3 Å². The maximum absolute atomic E-state index is 12.5. The van der Waals surface area contributed by atoms with Gasteiger partial charge >= 0.3 is 5.97 Å². The molecule has 0 fully saturated rings. The Labute approximate surface area is 551 Å². The third kappa shape index (κ3) is 73.4. The van der Waals surface area contributed by atoms with E-state index >= 15 is 0 Å². The SMILES string of the molecule is CCCCCCCCC/C=C\CCCCCCCC(=O)OCCCCCCCCCCCCCCCCCCCCCCCCCCCCCCCCCCCCCCCCCC(=O)NC(CO)C(O)/C=C/CCCCCCCCCCCCCCCC. The minimum Gasteiger partial charge on any atom is -0.466 e. The first-order chi connectivity index (χ1) is 43.5. The number of hydrogen-bond donors (Lipinski definition) is 3. The summed E-state index contributed by atoms with van der Waals surface area (Å²) in [6, 6.07) is -0.623. The molecule has 0 aromatic carbocycles. The zero-order chi connectivity index (χ0) is 63.5. The Morgan fingerprint density at radius 3 is 0.807 bits per heavy atom. The lowest BCUT2D eigenvalue weighted by Crippen LogP contribution is -2.45. The molecular formula is C82H159NO5. The average Bonchev–Trinajstić information content (AvgIpc) is 3.58. The van der Waals surface area contributed by atoms with Crippen LogP contribution in [0.3, 0.4) is 0 Å². The summed E-state index contributed by atoms with van der Waals surface area (Å²) < 4.78 is 5.51. The van der Waals surface area contributed by atoms with Gasteiger partial charge in [0.25, 0.3) is 0 Å². The van der Waals surface area contributed by atoms with Gasteiger partial charge in [-0.25, -0.2) is 0 Å². The van der Waals surface area contributed by atoms with E-state index in [0.29, 0.717) is 19.4 Å². The molecule has 0 aliphatic rings. The minimum atomic E-state index is -0.840. The first kappa shape index (κ1) is 86.3. The number of carbonyl (C=O) groups excluding carboxylic acids is 2. The first-order valence-electron chi connectivity index (χ1n) is 40.6. The second-order valence-corrected chi connectivity index (χ2v) is 28.1. The van der Waals surface area contributed by atoms with Gasteiger partial charge in [-0.1, -0.05) is 417 Å². The van der Waals surface area contributed by atoms with E-state index in [9.17, 15) is 19.8 Å². The van der Waals surface area contributed by atoms with Gasteiger partial charge in [-0.05, 0) is 57.8 Å². The molecule has 2 atom stereocenters. The highest BCUT2D eigenvalue weighted by Crippen LogP contribution is 2.20. The summed E-state index contributed by atoms with van der Waals surface area (Å²) in [4.78, 5) is 24.6. The van der Waals surface area contributed by atoms with Crippen LogP contribution in [0.5, 0.6) is 0 Å². The molecule has 0 aromatic rings. The smallest absolute Gasteiger partial charge is 0.305 e. The van der Waals surface area contributed by atoms with Crippen molar-refractivity contribution in [3.05, 3.63) is 24.3 Å². The fraction of sp³-hybridized carbons (Fsp3) is 0.927. The molecule has 3 N–H and O–H groups in total. The van der Waals surface area contributed by atoms with Gasteiger partial charge in [-0.2, -0.15) is 0 Å². The number of aliphatic hydroxyl groups is 2. The number of rotatable bonds is 77. The number of hydrogen-bond acceptors (Lipinski definition) is 5. The molecule has 0 radical (unpaired) electrons. The molecule has 0 spiro atoms. The molecule has 6 nitrogen and oxygen atoms in total. The highest BCUT2D eigenvalue weighted by Gasteiger charge is 2.18. The lowest BCUT2D eigenvalue weighted by Gasteiger charge is -2.20. The minimum absolute atomic E-state index is 0.0174. The van der Waals surface area contributed by atoms with Crippen LogP contribution in [-0.4, -0.2) is 47.4 Å². The van der Waals surface area contributed by atoms with Crippen LogP contribution in [-0.2, 0) is 14.3 Å². The molecule has 0 saturated heterocycles. The summed E-state index contributed by atoms with van der Waals surface area (Å²) >= 11 is 0. The molecule has 0 bridgehead atoms. The molecule has 1 amide bonds. The number of nitrogens with one attached hydrogen (secondary N) is 1. The molecule has 0 saturated carbocycles. The number of unbranched alkanes of at least 4 members (excludes halogenated alkanes) is 64. The second kappa shape index (κ2) is 77.8.